The van der Waals surface area contributed by atoms with E-state index in [-0.39, 0.29) is 16.9 Å². The van der Waals surface area contributed by atoms with Gasteiger partial charge in [-0.3, -0.25) is 0 Å². The predicted octanol–water partition coefficient (Wildman–Crippen LogP) is 3.31. The second-order valence-electron chi connectivity index (χ2n) is 4.71. The van der Waals surface area contributed by atoms with Crippen LogP contribution in [0.5, 0.6) is 0 Å². The van der Waals surface area contributed by atoms with Crippen LogP contribution in [0.4, 0.5) is 4.39 Å². The molecule has 2 N–H and O–H groups in total. The first-order chi connectivity index (χ1) is 8.68. The molecule has 1 aliphatic rings. The highest BCUT2D eigenvalue weighted by atomic mass is 32.1. The molecule has 0 saturated heterocycles. The lowest BCUT2D eigenvalue weighted by atomic mass is 9.98. The van der Waals surface area contributed by atoms with Gasteiger partial charge in [0.05, 0.1) is 12.7 Å². The van der Waals surface area contributed by atoms with Gasteiger partial charge >= 0.3 is 0 Å². The Labute approximate surface area is 112 Å². The van der Waals surface area contributed by atoms with Crippen LogP contribution in [0.15, 0.2) is 18.2 Å². The molecule has 0 unspecified atom stereocenters. The number of halogens is 1. The molecule has 18 heavy (non-hydrogen) atoms. The highest BCUT2D eigenvalue weighted by molar-refractivity contribution is 7.80. The Morgan fingerprint density at radius 2 is 2.06 bits per heavy atom. The lowest BCUT2D eigenvalue weighted by Crippen LogP contribution is -2.17. The van der Waals surface area contributed by atoms with Gasteiger partial charge in [0.2, 0.25) is 0 Å². The lowest BCUT2D eigenvalue weighted by Gasteiger charge is -2.22. The van der Waals surface area contributed by atoms with Gasteiger partial charge in [-0.1, -0.05) is 43.6 Å². The number of nitrogens with two attached hydrogens (primary N) is 1. The second-order valence-corrected chi connectivity index (χ2v) is 5.15. The Hall–Kier alpha value is -1.00. The molecule has 0 aromatic heterocycles. The van der Waals surface area contributed by atoms with Gasteiger partial charge in [0, 0.05) is 11.1 Å². The van der Waals surface area contributed by atoms with Crippen molar-refractivity contribution in [1.29, 1.82) is 0 Å². The van der Waals surface area contributed by atoms with Gasteiger partial charge in [0.1, 0.15) is 10.8 Å². The zero-order valence-corrected chi connectivity index (χ0v) is 11.1. The second kappa shape index (κ2) is 6.25. The highest BCUT2D eigenvalue weighted by Crippen LogP contribution is 2.22. The molecule has 1 aliphatic carbocycles. The summed E-state index contributed by atoms with van der Waals surface area (Å²) in [5.41, 5.74) is 6.31. The molecular weight excluding hydrogens is 249 g/mol. The molecule has 0 aliphatic heterocycles. The van der Waals surface area contributed by atoms with Gasteiger partial charge in [0.25, 0.3) is 0 Å². The molecule has 2 nitrogen and oxygen atoms in total. The fraction of sp³-hybridized carbons (Fsp3) is 0.500. The third kappa shape index (κ3) is 3.27. The molecular formula is C14H18FNOS. The van der Waals surface area contributed by atoms with E-state index in [9.17, 15) is 4.39 Å². The van der Waals surface area contributed by atoms with Crippen molar-refractivity contribution in [2.75, 3.05) is 0 Å². The van der Waals surface area contributed by atoms with Crippen molar-refractivity contribution in [1.82, 2.24) is 0 Å². The number of hydrogen-bond donors (Lipinski definition) is 1. The van der Waals surface area contributed by atoms with E-state index in [1.54, 1.807) is 18.2 Å². The maximum absolute atomic E-state index is 14.0. The van der Waals surface area contributed by atoms with Crippen molar-refractivity contribution < 1.29 is 9.13 Å². The Kier molecular flexibility index (Phi) is 4.66. The summed E-state index contributed by atoms with van der Waals surface area (Å²) in [4.78, 5) is 0.0898. The minimum absolute atomic E-state index is 0.0898. The van der Waals surface area contributed by atoms with Crippen LogP contribution in [0.25, 0.3) is 0 Å². The van der Waals surface area contributed by atoms with E-state index in [4.69, 9.17) is 22.7 Å². The summed E-state index contributed by atoms with van der Waals surface area (Å²) in [5, 5.41) is 0. The molecule has 2 rings (SSSR count). The van der Waals surface area contributed by atoms with E-state index in [0.717, 1.165) is 12.8 Å². The van der Waals surface area contributed by atoms with Crippen molar-refractivity contribution in [3.8, 4) is 0 Å². The number of ether oxygens (including phenoxy) is 1. The van der Waals surface area contributed by atoms with Crippen LogP contribution < -0.4 is 5.73 Å². The molecule has 1 saturated carbocycles. The summed E-state index contributed by atoms with van der Waals surface area (Å²) in [6.07, 6.45) is 6.13. The minimum Gasteiger partial charge on any atom is -0.389 e. The van der Waals surface area contributed by atoms with E-state index >= 15 is 0 Å². The fourth-order valence-corrected chi connectivity index (χ4v) is 2.48. The molecule has 0 spiro atoms. The van der Waals surface area contributed by atoms with Crippen molar-refractivity contribution in [3.63, 3.8) is 0 Å². The SMILES string of the molecule is NC(=S)c1cccc(COC2CCCCC2)c1F. The van der Waals surface area contributed by atoms with Crippen LogP contribution in [0, 0.1) is 5.82 Å². The number of thiocarbonyl (C=S) groups is 1. The van der Waals surface area contributed by atoms with E-state index in [2.05, 4.69) is 0 Å². The number of hydrogen-bond acceptors (Lipinski definition) is 2. The van der Waals surface area contributed by atoms with Crippen LogP contribution in [0.3, 0.4) is 0 Å². The summed E-state index contributed by atoms with van der Waals surface area (Å²) in [6.45, 7) is 0.299. The van der Waals surface area contributed by atoms with Crippen LogP contribution in [0.2, 0.25) is 0 Å². The average molecular weight is 267 g/mol. The highest BCUT2D eigenvalue weighted by Gasteiger charge is 2.15. The topological polar surface area (TPSA) is 35.2 Å². The molecule has 0 heterocycles. The van der Waals surface area contributed by atoms with Gasteiger partial charge < -0.3 is 10.5 Å². The normalized spacial score (nSPS) is 16.7. The standard InChI is InChI=1S/C14H18FNOS/c15-13-10(5-4-8-12(13)14(16)18)9-17-11-6-2-1-3-7-11/h4-5,8,11H,1-3,6-7,9H2,(H2,16,18). The monoisotopic (exact) mass is 267 g/mol. The summed E-state index contributed by atoms with van der Waals surface area (Å²) in [5.74, 6) is -0.346. The molecule has 4 heteroatoms. The maximum atomic E-state index is 14.0. The molecule has 1 aromatic carbocycles. The molecule has 1 aromatic rings. The lowest BCUT2D eigenvalue weighted by molar-refractivity contribution is 0.0156. The first kappa shape index (κ1) is 13.4. The van der Waals surface area contributed by atoms with Crippen molar-refractivity contribution in [2.24, 2.45) is 5.73 Å². The van der Waals surface area contributed by atoms with E-state index in [0.29, 0.717) is 17.7 Å². The Bertz CT molecular complexity index is 430. The van der Waals surface area contributed by atoms with Crippen LogP contribution in [-0.2, 0) is 11.3 Å². The number of rotatable bonds is 4. The molecule has 0 bridgehead atoms. The molecule has 98 valence electrons. The van der Waals surface area contributed by atoms with Crippen molar-refractivity contribution in [2.45, 2.75) is 44.8 Å². The third-order valence-electron chi connectivity index (χ3n) is 3.37. The van der Waals surface area contributed by atoms with Crippen molar-refractivity contribution in [3.05, 3.63) is 35.1 Å². The average Bonchev–Trinajstić information content (AvgIpc) is 2.38. The van der Waals surface area contributed by atoms with Gasteiger partial charge in [-0.2, -0.15) is 0 Å². The van der Waals surface area contributed by atoms with E-state index in [1.165, 1.54) is 19.3 Å². The van der Waals surface area contributed by atoms with Crippen molar-refractivity contribution >= 4 is 17.2 Å². The third-order valence-corrected chi connectivity index (χ3v) is 3.59. The fourth-order valence-electron chi connectivity index (χ4n) is 2.32. The van der Waals surface area contributed by atoms with E-state index in [1.807, 2.05) is 0 Å². The van der Waals surface area contributed by atoms with Gasteiger partial charge in [0.15, 0.2) is 0 Å². The molecule has 0 atom stereocenters. The summed E-state index contributed by atoms with van der Waals surface area (Å²) >= 11 is 4.82. The zero-order chi connectivity index (χ0) is 13.0. The van der Waals surface area contributed by atoms with Crippen LogP contribution in [0.1, 0.15) is 43.2 Å². The van der Waals surface area contributed by atoms with Crippen LogP contribution in [-0.4, -0.2) is 11.1 Å². The largest absolute Gasteiger partial charge is 0.389 e. The van der Waals surface area contributed by atoms with Gasteiger partial charge in [-0.25, -0.2) is 4.39 Å². The molecule has 1 fully saturated rings. The Morgan fingerprint density at radius 1 is 1.33 bits per heavy atom. The maximum Gasteiger partial charge on any atom is 0.138 e. The summed E-state index contributed by atoms with van der Waals surface area (Å²) in [6, 6.07) is 5.08. The summed E-state index contributed by atoms with van der Waals surface area (Å²) < 4.78 is 19.8. The summed E-state index contributed by atoms with van der Waals surface area (Å²) in [7, 11) is 0. The zero-order valence-electron chi connectivity index (χ0n) is 10.3. The predicted molar refractivity (Wildman–Crippen MR) is 73.9 cm³/mol. The first-order valence-electron chi connectivity index (χ1n) is 6.37. The van der Waals surface area contributed by atoms with E-state index < -0.39 is 0 Å². The first-order valence-corrected chi connectivity index (χ1v) is 6.78. The van der Waals surface area contributed by atoms with Crippen LogP contribution >= 0.6 is 12.2 Å². The number of benzene rings is 1. The Morgan fingerprint density at radius 3 is 2.72 bits per heavy atom. The molecule has 0 amide bonds. The molecule has 0 radical (unpaired) electrons. The van der Waals surface area contributed by atoms with Gasteiger partial charge in [-0.05, 0) is 18.9 Å². The smallest absolute Gasteiger partial charge is 0.138 e. The quantitative estimate of drug-likeness (QED) is 0.850. The Balaban J connectivity index is 2.00. The van der Waals surface area contributed by atoms with Gasteiger partial charge in [-0.15, -0.1) is 0 Å². The minimum atomic E-state index is -0.346.